The highest BCUT2D eigenvalue weighted by molar-refractivity contribution is 5.03. The molecule has 0 unspecified atom stereocenters. The van der Waals surface area contributed by atoms with E-state index >= 15 is 0 Å². The summed E-state index contributed by atoms with van der Waals surface area (Å²) in [7, 11) is 0. The van der Waals surface area contributed by atoms with Crippen molar-refractivity contribution >= 4 is 0 Å². The van der Waals surface area contributed by atoms with Crippen LogP contribution in [0.1, 0.15) is 24.4 Å². The number of H-pyrrole nitrogens is 1. The zero-order chi connectivity index (χ0) is 13.3. The van der Waals surface area contributed by atoms with Gasteiger partial charge in [0.25, 0.3) is 5.56 Å². The minimum absolute atomic E-state index is 0.0127. The van der Waals surface area contributed by atoms with Crippen LogP contribution in [-0.4, -0.2) is 33.0 Å². The van der Waals surface area contributed by atoms with Gasteiger partial charge in [-0.3, -0.25) is 14.3 Å². The fraction of sp³-hybridized carbons (Fsp3) is 0.667. The number of nitrogens with one attached hydrogen (secondary N) is 1. The number of aliphatic hydroxyl groups excluding tert-OH is 2. The molecule has 1 aromatic heterocycles. The van der Waals surface area contributed by atoms with Gasteiger partial charge in [-0.25, -0.2) is 4.79 Å². The summed E-state index contributed by atoms with van der Waals surface area (Å²) in [6.07, 6.45) is 2.85. The Labute approximate surface area is 104 Å². The van der Waals surface area contributed by atoms with E-state index in [4.69, 9.17) is 0 Å². The van der Waals surface area contributed by atoms with Gasteiger partial charge in [-0.2, -0.15) is 0 Å². The molecule has 0 radical (unpaired) electrons. The van der Waals surface area contributed by atoms with E-state index in [0.29, 0.717) is 18.4 Å². The number of aryl methyl sites for hydroxylation is 1. The largest absolute Gasteiger partial charge is 0.396 e. The van der Waals surface area contributed by atoms with E-state index in [1.165, 1.54) is 4.57 Å². The number of rotatable bonds is 3. The van der Waals surface area contributed by atoms with Crippen molar-refractivity contribution in [2.24, 2.45) is 11.8 Å². The van der Waals surface area contributed by atoms with Crippen LogP contribution in [0.2, 0.25) is 0 Å². The van der Waals surface area contributed by atoms with Gasteiger partial charge < -0.3 is 10.2 Å². The summed E-state index contributed by atoms with van der Waals surface area (Å²) in [5.74, 6) is 0.0262. The second kappa shape index (κ2) is 5.07. The quantitative estimate of drug-likeness (QED) is 0.671. The minimum atomic E-state index is -0.425. The Morgan fingerprint density at radius 1 is 1.28 bits per heavy atom. The summed E-state index contributed by atoms with van der Waals surface area (Å²) in [6.45, 7) is 1.68. The summed E-state index contributed by atoms with van der Waals surface area (Å²) in [4.78, 5) is 25.3. The Balaban J connectivity index is 2.31. The van der Waals surface area contributed by atoms with Crippen molar-refractivity contribution in [2.75, 3.05) is 13.2 Å². The molecule has 1 aliphatic rings. The summed E-state index contributed by atoms with van der Waals surface area (Å²) < 4.78 is 1.51. The van der Waals surface area contributed by atoms with Gasteiger partial charge in [0.1, 0.15) is 0 Å². The van der Waals surface area contributed by atoms with E-state index in [1.807, 2.05) is 0 Å². The number of hydrogen-bond donors (Lipinski definition) is 3. The predicted octanol–water partition coefficient (Wildman–Crippen LogP) is -0.603. The lowest BCUT2D eigenvalue weighted by Crippen LogP contribution is -2.32. The van der Waals surface area contributed by atoms with E-state index in [0.717, 1.165) is 0 Å². The van der Waals surface area contributed by atoms with Crippen LogP contribution in [-0.2, 0) is 0 Å². The average molecular weight is 254 g/mol. The van der Waals surface area contributed by atoms with E-state index in [9.17, 15) is 19.8 Å². The van der Waals surface area contributed by atoms with E-state index < -0.39 is 5.69 Å². The molecule has 18 heavy (non-hydrogen) atoms. The van der Waals surface area contributed by atoms with Crippen molar-refractivity contribution in [1.82, 2.24) is 9.55 Å². The molecule has 2 rings (SSSR count). The summed E-state index contributed by atoms with van der Waals surface area (Å²) in [5.41, 5.74) is -0.305. The highest BCUT2D eigenvalue weighted by Gasteiger charge is 2.34. The van der Waals surface area contributed by atoms with Crippen molar-refractivity contribution in [1.29, 1.82) is 0 Å². The van der Waals surface area contributed by atoms with Crippen molar-refractivity contribution in [3.8, 4) is 0 Å². The minimum Gasteiger partial charge on any atom is -0.396 e. The molecule has 2 atom stereocenters. The molecule has 0 bridgehead atoms. The molecule has 0 spiro atoms. The second-order valence-corrected chi connectivity index (χ2v) is 4.99. The molecule has 1 saturated carbocycles. The van der Waals surface area contributed by atoms with Crippen molar-refractivity contribution in [3.63, 3.8) is 0 Å². The number of aromatic amines is 1. The zero-order valence-electron chi connectivity index (χ0n) is 10.3. The van der Waals surface area contributed by atoms with Crippen LogP contribution in [0, 0.1) is 18.8 Å². The Bertz CT molecular complexity index is 522. The van der Waals surface area contributed by atoms with E-state index in [-0.39, 0.29) is 36.7 Å². The Morgan fingerprint density at radius 3 is 2.33 bits per heavy atom. The first-order chi connectivity index (χ1) is 8.56. The molecule has 6 nitrogen and oxygen atoms in total. The van der Waals surface area contributed by atoms with Gasteiger partial charge >= 0.3 is 5.69 Å². The lowest BCUT2D eigenvalue weighted by Gasteiger charge is -2.13. The number of aromatic nitrogens is 2. The van der Waals surface area contributed by atoms with Crippen LogP contribution in [0.4, 0.5) is 0 Å². The van der Waals surface area contributed by atoms with Crippen molar-refractivity contribution in [3.05, 3.63) is 32.6 Å². The molecular formula is C12H18N2O4. The van der Waals surface area contributed by atoms with Gasteiger partial charge in [-0.05, 0) is 31.6 Å². The lowest BCUT2D eigenvalue weighted by molar-refractivity contribution is 0.141. The Kier molecular flexibility index (Phi) is 3.68. The maximum absolute atomic E-state index is 11.8. The molecule has 3 N–H and O–H groups in total. The molecule has 0 aromatic carbocycles. The van der Waals surface area contributed by atoms with Gasteiger partial charge in [-0.15, -0.1) is 0 Å². The fourth-order valence-electron chi connectivity index (χ4n) is 2.71. The number of nitrogens with zero attached hydrogens (tertiary/aromatic N) is 1. The molecule has 0 amide bonds. The number of hydrogen-bond acceptors (Lipinski definition) is 4. The van der Waals surface area contributed by atoms with Crippen LogP contribution in [0.5, 0.6) is 0 Å². The highest BCUT2D eigenvalue weighted by atomic mass is 16.3. The SMILES string of the molecule is Cc1cn(C2C[C@H](CO)[C@@H](CO)C2)c(=O)[nH]c1=O. The van der Waals surface area contributed by atoms with Crippen molar-refractivity contribution < 1.29 is 10.2 Å². The molecule has 0 aliphatic heterocycles. The summed E-state index contributed by atoms with van der Waals surface area (Å²) in [6, 6.07) is -0.0673. The average Bonchev–Trinajstić information content (AvgIpc) is 2.76. The first-order valence-corrected chi connectivity index (χ1v) is 6.10. The maximum atomic E-state index is 11.8. The lowest BCUT2D eigenvalue weighted by atomic mass is 9.98. The normalized spacial score (nSPS) is 24.6. The van der Waals surface area contributed by atoms with Crippen molar-refractivity contribution in [2.45, 2.75) is 25.8 Å². The summed E-state index contributed by atoms with van der Waals surface area (Å²) >= 11 is 0. The van der Waals surface area contributed by atoms with Crippen LogP contribution in [0.3, 0.4) is 0 Å². The smallest absolute Gasteiger partial charge is 0.328 e. The van der Waals surface area contributed by atoms with E-state index in [1.54, 1.807) is 13.1 Å². The molecule has 1 heterocycles. The first kappa shape index (κ1) is 13.0. The van der Waals surface area contributed by atoms with Gasteiger partial charge in [0, 0.05) is 31.0 Å². The molecule has 0 saturated heterocycles. The molecule has 100 valence electrons. The molecule has 1 fully saturated rings. The number of aliphatic hydroxyl groups is 2. The van der Waals surface area contributed by atoms with Gasteiger partial charge in [0.2, 0.25) is 0 Å². The highest BCUT2D eigenvalue weighted by Crippen LogP contribution is 2.38. The van der Waals surface area contributed by atoms with Gasteiger partial charge in [0.05, 0.1) is 0 Å². The topological polar surface area (TPSA) is 95.3 Å². The Hall–Kier alpha value is -1.40. The molecular weight excluding hydrogens is 236 g/mol. The fourth-order valence-corrected chi connectivity index (χ4v) is 2.71. The maximum Gasteiger partial charge on any atom is 0.328 e. The third kappa shape index (κ3) is 2.26. The van der Waals surface area contributed by atoms with Crippen LogP contribution in [0.15, 0.2) is 15.8 Å². The first-order valence-electron chi connectivity index (χ1n) is 6.10. The second-order valence-electron chi connectivity index (χ2n) is 4.99. The van der Waals surface area contributed by atoms with Crippen LogP contribution in [0.25, 0.3) is 0 Å². The predicted molar refractivity (Wildman–Crippen MR) is 65.5 cm³/mol. The molecule has 1 aliphatic carbocycles. The Morgan fingerprint density at radius 2 is 1.83 bits per heavy atom. The standard InChI is InChI=1S/C12H18N2O4/c1-7-4-14(12(18)13-11(7)17)10-2-8(5-15)9(3-10)6-16/h4,8-10,15-16H,2-3,5-6H2,1H3,(H,13,17,18)/t8-,9-/m1/s1. The van der Waals surface area contributed by atoms with Gasteiger partial charge in [0.15, 0.2) is 0 Å². The molecule has 1 aromatic rings. The summed E-state index contributed by atoms with van der Waals surface area (Å²) in [5, 5.41) is 18.5. The zero-order valence-corrected chi connectivity index (χ0v) is 10.3. The monoisotopic (exact) mass is 254 g/mol. The van der Waals surface area contributed by atoms with Crippen LogP contribution >= 0.6 is 0 Å². The third-order valence-corrected chi connectivity index (χ3v) is 3.82. The molecule has 6 heteroatoms. The van der Waals surface area contributed by atoms with Crippen LogP contribution < -0.4 is 11.2 Å². The van der Waals surface area contributed by atoms with E-state index in [2.05, 4.69) is 4.98 Å². The van der Waals surface area contributed by atoms with Gasteiger partial charge in [-0.1, -0.05) is 0 Å². The third-order valence-electron chi connectivity index (χ3n) is 3.82.